The Kier molecular flexibility index (Phi) is 4.08. The Morgan fingerprint density at radius 1 is 0.842 bits per heavy atom. The topological polar surface area (TPSA) is 43.5 Å². The van der Waals surface area contributed by atoms with Crippen LogP contribution >= 0.6 is 0 Å². The molecule has 1 amide bonds. The van der Waals surface area contributed by atoms with Crippen molar-refractivity contribution in [3.05, 3.63) is 0 Å². The van der Waals surface area contributed by atoms with E-state index < -0.39 is 6.10 Å². The average molecular weight is 265 g/mol. The van der Waals surface area contributed by atoms with E-state index in [4.69, 9.17) is 0 Å². The number of hydrogen-bond donors (Lipinski definition) is 0. The van der Waals surface area contributed by atoms with Crippen molar-refractivity contribution in [2.75, 3.05) is 26.2 Å². The zero-order valence-electron chi connectivity index (χ0n) is 11.7. The molecular weight excluding hydrogens is 240 g/mol. The molecular formula is C15H25N2O2. The molecule has 1 heterocycles. The molecule has 0 aromatic heterocycles. The smallest absolute Gasteiger partial charge is 0.225 e. The Bertz CT molecular complexity index is 314. The SMILES string of the molecule is [O]C1CCC(C(=O)N2CCN(C3CCC3)CC2)CC1. The van der Waals surface area contributed by atoms with Crippen LogP contribution in [-0.4, -0.2) is 54.0 Å². The minimum atomic E-state index is -0.417. The van der Waals surface area contributed by atoms with Crippen LogP contribution in [0.3, 0.4) is 0 Å². The summed E-state index contributed by atoms with van der Waals surface area (Å²) >= 11 is 0. The lowest BCUT2D eigenvalue weighted by molar-refractivity contribution is -0.140. The minimum Gasteiger partial charge on any atom is -0.340 e. The van der Waals surface area contributed by atoms with Crippen LogP contribution < -0.4 is 0 Å². The summed E-state index contributed by atoms with van der Waals surface area (Å²) < 4.78 is 0. The summed E-state index contributed by atoms with van der Waals surface area (Å²) in [5, 5.41) is 11.3. The molecule has 0 unspecified atom stereocenters. The summed E-state index contributed by atoms with van der Waals surface area (Å²) in [5.41, 5.74) is 0. The summed E-state index contributed by atoms with van der Waals surface area (Å²) in [4.78, 5) is 17.0. The fourth-order valence-electron chi connectivity index (χ4n) is 3.63. The van der Waals surface area contributed by atoms with Gasteiger partial charge in [-0.2, -0.15) is 0 Å². The summed E-state index contributed by atoms with van der Waals surface area (Å²) in [7, 11) is 0. The summed E-state index contributed by atoms with van der Waals surface area (Å²) in [6, 6.07) is 0.799. The van der Waals surface area contributed by atoms with Gasteiger partial charge in [-0.05, 0) is 38.5 Å². The molecule has 0 spiro atoms. The molecule has 1 saturated heterocycles. The van der Waals surface area contributed by atoms with Crippen molar-refractivity contribution in [2.45, 2.75) is 57.1 Å². The van der Waals surface area contributed by atoms with Gasteiger partial charge in [0.1, 0.15) is 0 Å². The van der Waals surface area contributed by atoms with Gasteiger partial charge in [-0.3, -0.25) is 9.69 Å². The lowest BCUT2D eigenvalue weighted by atomic mass is 9.86. The van der Waals surface area contributed by atoms with Crippen molar-refractivity contribution >= 4 is 5.91 Å². The number of piperazine rings is 1. The van der Waals surface area contributed by atoms with Gasteiger partial charge in [-0.1, -0.05) is 6.42 Å². The van der Waals surface area contributed by atoms with E-state index in [1.165, 1.54) is 19.3 Å². The third-order valence-electron chi connectivity index (χ3n) is 5.24. The fraction of sp³-hybridized carbons (Fsp3) is 0.933. The molecule has 2 aliphatic carbocycles. The number of amides is 1. The van der Waals surface area contributed by atoms with Crippen molar-refractivity contribution in [1.82, 2.24) is 9.80 Å². The fourth-order valence-corrected chi connectivity index (χ4v) is 3.63. The van der Waals surface area contributed by atoms with Crippen LogP contribution in [-0.2, 0) is 9.90 Å². The highest BCUT2D eigenvalue weighted by Gasteiger charge is 2.33. The quantitative estimate of drug-likeness (QED) is 0.762. The number of hydrogen-bond acceptors (Lipinski definition) is 2. The van der Waals surface area contributed by atoms with Crippen LogP contribution in [0, 0.1) is 5.92 Å². The van der Waals surface area contributed by atoms with E-state index in [2.05, 4.69) is 4.90 Å². The highest BCUT2D eigenvalue weighted by atomic mass is 16.3. The van der Waals surface area contributed by atoms with Crippen molar-refractivity contribution in [2.24, 2.45) is 5.92 Å². The maximum absolute atomic E-state index is 12.4. The number of nitrogens with zero attached hydrogens (tertiary/aromatic N) is 2. The van der Waals surface area contributed by atoms with Gasteiger partial charge in [-0.25, -0.2) is 5.11 Å². The van der Waals surface area contributed by atoms with E-state index in [-0.39, 0.29) is 5.92 Å². The molecule has 3 rings (SSSR count). The number of carbonyl (C=O) groups excluding carboxylic acids is 1. The summed E-state index contributed by atoms with van der Waals surface area (Å²) in [6.07, 6.45) is 6.67. The van der Waals surface area contributed by atoms with E-state index >= 15 is 0 Å². The second-order valence-electron chi connectivity index (χ2n) is 6.42. The van der Waals surface area contributed by atoms with Crippen molar-refractivity contribution in [3.8, 4) is 0 Å². The normalized spacial score (nSPS) is 34.1. The van der Waals surface area contributed by atoms with Gasteiger partial charge < -0.3 is 4.90 Å². The zero-order chi connectivity index (χ0) is 13.2. The van der Waals surface area contributed by atoms with Crippen LogP contribution in [0.2, 0.25) is 0 Å². The number of rotatable bonds is 2. The molecule has 0 atom stereocenters. The predicted octanol–water partition coefficient (Wildman–Crippen LogP) is 1.67. The monoisotopic (exact) mass is 265 g/mol. The van der Waals surface area contributed by atoms with Gasteiger partial charge in [0.05, 0.1) is 6.10 Å². The van der Waals surface area contributed by atoms with Crippen LogP contribution in [0.15, 0.2) is 0 Å². The first-order valence-corrected chi connectivity index (χ1v) is 7.92. The Morgan fingerprint density at radius 2 is 1.47 bits per heavy atom. The molecule has 3 fully saturated rings. The predicted molar refractivity (Wildman–Crippen MR) is 72.2 cm³/mol. The molecule has 4 nitrogen and oxygen atoms in total. The molecule has 0 N–H and O–H groups in total. The highest BCUT2D eigenvalue weighted by Crippen LogP contribution is 2.28. The largest absolute Gasteiger partial charge is 0.340 e. The van der Waals surface area contributed by atoms with Crippen LogP contribution in [0.25, 0.3) is 0 Å². The van der Waals surface area contributed by atoms with Crippen LogP contribution in [0.5, 0.6) is 0 Å². The van der Waals surface area contributed by atoms with Gasteiger partial charge >= 0.3 is 0 Å². The Labute approximate surface area is 115 Å². The Balaban J connectivity index is 1.46. The van der Waals surface area contributed by atoms with Gasteiger partial charge in [-0.15, -0.1) is 0 Å². The van der Waals surface area contributed by atoms with Gasteiger partial charge in [0.15, 0.2) is 0 Å². The molecule has 19 heavy (non-hydrogen) atoms. The average Bonchev–Trinajstić information content (AvgIpc) is 2.38. The third kappa shape index (κ3) is 2.95. The first-order valence-electron chi connectivity index (χ1n) is 7.92. The summed E-state index contributed by atoms with van der Waals surface area (Å²) in [6.45, 7) is 3.89. The van der Waals surface area contributed by atoms with Gasteiger partial charge in [0.2, 0.25) is 5.91 Å². The van der Waals surface area contributed by atoms with E-state index in [1.807, 2.05) is 4.90 Å². The van der Waals surface area contributed by atoms with Gasteiger partial charge in [0.25, 0.3) is 0 Å². The maximum atomic E-state index is 12.4. The lowest BCUT2D eigenvalue weighted by Crippen LogP contribution is -2.54. The van der Waals surface area contributed by atoms with E-state index in [0.29, 0.717) is 18.7 Å². The van der Waals surface area contributed by atoms with Crippen molar-refractivity contribution < 1.29 is 9.90 Å². The first kappa shape index (κ1) is 13.4. The van der Waals surface area contributed by atoms with Gasteiger partial charge in [0, 0.05) is 38.1 Å². The first-order chi connectivity index (χ1) is 9.24. The summed E-state index contributed by atoms with van der Waals surface area (Å²) in [5.74, 6) is 0.459. The molecule has 3 aliphatic rings. The van der Waals surface area contributed by atoms with E-state index in [9.17, 15) is 9.90 Å². The Hall–Kier alpha value is -0.610. The maximum Gasteiger partial charge on any atom is 0.225 e. The molecule has 0 aromatic carbocycles. The van der Waals surface area contributed by atoms with Crippen LogP contribution in [0.4, 0.5) is 0 Å². The second kappa shape index (κ2) is 5.80. The molecule has 1 aliphatic heterocycles. The molecule has 107 valence electrons. The highest BCUT2D eigenvalue weighted by molar-refractivity contribution is 5.79. The minimum absolute atomic E-state index is 0.139. The molecule has 1 radical (unpaired) electrons. The second-order valence-corrected chi connectivity index (χ2v) is 6.42. The van der Waals surface area contributed by atoms with Crippen molar-refractivity contribution in [1.29, 1.82) is 0 Å². The lowest BCUT2D eigenvalue weighted by Gasteiger charge is -2.43. The molecule has 4 heteroatoms. The van der Waals surface area contributed by atoms with E-state index in [0.717, 1.165) is 45.1 Å². The number of carbonyl (C=O) groups is 1. The Morgan fingerprint density at radius 3 is 2.00 bits per heavy atom. The standard InChI is InChI=1S/C15H25N2O2/c18-14-6-4-12(5-7-14)15(19)17-10-8-16(9-11-17)13-2-1-3-13/h12-14H,1-11H2. The molecule has 0 aromatic rings. The molecule has 0 bridgehead atoms. The zero-order valence-corrected chi connectivity index (χ0v) is 11.7. The third-order valence-corrected chi connectivity index (χ3v) is 5.24. The molecule has 2 saturated carbocycles. The van der Waals surface area contributed by atoms with Crippen LogP contribution in [0.1, 0.15) is 44.9 Å². The van der Waals surface area contributed by atoms with E-state index in [1.54, 1.807) is 0 Å². The van der Waals surface area contributed by atoms with Crippen molar-refractivity contribution in [3.63, 3.8) is 0 Å².